The number of aromatic nitrogens is 1. The van der Waals surface area contributed by atoms with Gasteiger partial charge in [-0.05, 0) is 38.0 Å². The Hall–Kier alpha value is -0.900. The van der Waals surface area contributed by atoms with Crippen molar-refractivity contribution in [3.8, 4) is 5.88 Å². The molecule has 0 aliphatic heterocycles. The van der Waals surface area contributed by atoms with E-state index in [0.717, 1.165) is 11.1 Å². The van der Waals surface area contributed by atoms with Crippen molar-refractivity contribution in [3.05, 3.63) is 18.2 Å². The molecule has 1 saturated carbocycles. The van der Waals surface area contributed by atoms with E-state index in [2.05, 4.69) is 29.0 Å². The Morgan fingerprint density at radius 1 is 1.39 bits per heavy atom. The Kier molecular flexibility index (Phi) is 5.17. The number of hydrogen-bond donors (Lipinski definition) is 1. The van der Waals surface area contributed by atoms with Gasteiger partial charge in [0, 0.05) is 17.4 Å². The van der Waals surface area contributed by atoms with Gasteiger partial charge in [-0.1, -0.05) is 13.0 Å². The Labute approximate surface area is 114 Å². The molecule has 0 aromatic carbocycles. The molecule has 1 aromatic rings. The van der Waals surface area contributed by atoms with Crippen LogP contribution in [0, 0.1) is 0 Å². The number of nitrogens with one attached hydrogen (secondary N) is 1. The number of rotatable bonds is 6. The highest BCUT2D eigenvalue weighted by Crippen LogP contribution is 2.31. The van der Waals surface area contributed by atoms with E-state index in [4.69, 9.17) is 4.74 Å². The summed E-state index contributed by atoms with van der Waals surface area (Å²) in [5, 5.41) is 4.35. The highest BCUT2D eigenvalue weighted by Gasteiger charge is 2.24. The lowest BCUT2D eigenvalue weighted by atomic mass is 10.2. The molecule has 1 N–H and O–H groups in total. The van der Waals surface area contributed by atoms with Crippen LogP contribution in [0.4, 0.5) is 5.82 Å². The Balaban J connectivity index is 1.88. The fourth-order valence-corrected chi connectivity index (χ4v) is 3.53. The minimum atomic E-state index is 0.568. The third-order valence-corrected chi connectivity index (χ3v) is 4.39. The number of pyridine rings is 1. The second kappa shape index (κ2) is 6.88. The molecule has 0 saturated heterocycles. The average molecular weight is 266 g/mol. The van der Waals surface area contributed by atoms with Crippen LogP contribution in [0.3, 0.4) is 0 Å². The molecule has 0 amide bonds. The van der Waals surface area contributed by atoms with Gasteiger partial charge in [0.15, 0.2) is 0 Å². The Morgan fingerprint density at radius 2 is 2.28 bits per heavy atom. The van der Waals surface area contributed by atoms with Crippen molar-refractivity contribution in [2.75, 3.05) is 17.7 Å². The average Bonchev–Trinajstić information content (AvgIpc) is 2.78. The third-order valence-electron chi connectivity index (χ3n) is 3.15. The van der Waals surface area contributed by atoms with Gasteiger partial charge in [0.25, 0.3) is 0 Å². The van der Waals surface area contributed by atoms with Crippen LogP contribution in [0.5, 0.6) is 5.88 Å². The zero-order valence-electron chi connectivity index (χ0n) is 11.2. The van der Waals surface area contributed by atoms with E-state index in [-0.39, 0.29) is 0 Å². The first-order valence-corrected chi connectivity index (χ1v) is 7.84. The quantitative estimate of drug-likeness (QED) is 0.853. The van der Waals surface area contributed by atoms with Crippen LogP contribution in [-0.4, -0.2) is 28.6 Å². The van der Waals surface area contributed by atoms with Crippen molar-refractivity contribution in [2.24, 2.45) is 0 Å². The largest absolute Gasteiger partial charge is 0.478 e. The van der Waals surface area contributed by atoms with Gasteiger partial charge in [-0.2, -0.15) is 16.7 Å². The number of nitrogens with zero attached hydrogens (tertiary/aromatic N) is 1. The molecule has 18 heavy (non-hydrogen) atoms. The molecule has 2 atom stereocenters. The first-order chi connectivity index (χ1) is 8.81. The van der Waals surface area contributed by atoms with Crippen molar-refractivity contribution in [1.29, 1.82) is 0 Å². The topological polar surface area (TPSA) is 34.1 Å². The molecular formula is C14H22N2OS. The van der Waals surface area contributed by atoms with E-state index in [1.54, 1.807) is 0 Å². The predicted molar refractivity (Wildman–Crippen MR) is 78.6 cm³/mol. The Morgan fingerprint density at radius 3 is 3.06 bits per heavy atom. The molecule has 2 rings (SSSR count). The molecule has 1 aliphatic carbocycles. The van der Waals surface area contributed by atoms with E-state index < -0.39 is 0 Å². The number of thioether (sulfide) groups is 1. The van der Waals surface area contributed by atoms with Gasteiger partial charge in [-0.25, -0.2) is 0 Å². The zero-order valence-corrected chi connectivity index (χ0v) is 12.0. The summed E-state index contributed by atoms with van der Waals surface area (Å²) < 4.78 is 5.42. The lowest BCUT2D eigenvalue weighted by Gasteiger charge is -2.14. The normalized spacial score (nSPS) is 23.0. The van der Waals surface area contributed by atoms with Crippen LogP contribution >= 0.6 is 11.8 Å². The van der Waals surface area contributed by atoms with Crippen LogP contribution in [0.2, 0.25) is 0 Å². The molecule has 1 aliphatic rings. The Bertz CT molecular complexity index is 373. The fourth-order valence-electron chi connectivity index (χ4n) is 2.39. The highest BCUT2D eigenvalue weighted by molar-refractivity contribution is 7.99. The van der Waals surface area contributed by atoms with Gasteiger partial charge >= 0.3 is 0 Å². The van der Waals surface area contributed by atoms with Crippen molar-refractivity contribution < 1.29 is 4.74 Å². The summed E-state index contributed by atoms with van der Waals surface area (Å²) in [5.74, 6) is 2.86. The molecule has 100 valence electrons. The first-order valence-electron chi connectivity index (χ1n) is 6.79. The van der Waals surface area contributed by atoms with E-state index in [9.17, 15) is 0 Å². The van der Waals surface area contributed by atoms with E-state index >= 15 is 0 Å². The standard InChI is InChI=1S/C14H22N2OS/c1-3-17-14-7-5-6-13(16-14)15-11-8-9-12(10-11)18-4-2/h5-7,11-12H,3-4,8-10H2,1-2H3,(H,15,16). The minimum Gasteiger partial charge on any atom is -0.478 e. The lowest BCUT2D eigenvalue weighted by Crippen LogP contribution is -2.17. The first kappa shape index (κ1) is 13.5. The summed E-state index contributed by atoms with van der Waals surface area (Å²) in [5.41, 5.74) is 0. The molecule has 3 nitrogen and oxygen atoms in total. The number of ether oxygens (including phenoxy) is 1. The van der Waals surface area contributed by atoms with Crippen LogP contribution in [0.25, 0.3) is 0 Å². The maximum absolute atomic E-state index is 5.42. The SMILES string of the molecule is CCOc1cccc(NC2CCC(SCC)C2)n1. The van der Waals surface area contributed by atoms with Crippen molar-refractivity contribution in [2.45, 2.75) is 44.4 Å². The van der Waals surface area contributed by atoms with E-state index in [1.807, 2.05) is 25.1 Å². The van der Waals surface area contributed by atoms with Crippen molar-refractivity contribution in [1.82, 2.24) is 4.98 Å². The van der Waals surface area contributed by atoms with Crippen LogP contribution in [0.1, 0.15) is 33.1 Å². The van der Waals surface area contributed by atoms with E-state index in [1.165, 1.54) is 25.0 Å². The van der Waals surface area contributed by atoms with Crippen molar-refractivity contribution >= 4 is 17.6 Å². The fraction of sp³-hybridized carbons (Fsp3) is 0.643. The van der Waals surface area contributed by atoms with Crippen LogP contribution in [-0.2, 0) is 0 Å². The van der Waals surface area contributed by atoms with Gasteiger partial charge in [0.2, 0.25) is 5.88 Å². The van der Waals surface area contributed by atoms with Crippen LogP contribution < -0.4 is 10.1 Å². The van der Waals surface area contributed by atoms with E-state index in [0.29, 0.717) is 18.5 Å². The summed E-state index contributed by atoms with van der Waals surface area (Å²) >= 11 is 2.08. The number of anilines is 1. The second-order valence-electron chi connectivity index (χ2n) is 4.53. The summed E-state index contributed by atoms with van der Waals surface area (Å²) in [6.45, 7) is 4.87. The molecule has 1 fully saturated rings. The summed E-state index contributed by atoms with van der Waals surface area (Å²) in [6, 6.07) is 6.48. The highest BCUT2D eigenvalue weighted by atomic mass is 32.2. The van der Waals surface area contributed by atoms with Gasteiger partial charge in [-0.15, -0.1) is 0 Å². The molecule has 0 radical (unpaired) electrons. The number of hydrogen-bond acceptors (Lipinski definition) is 4. The lowest BCUT2D eigenvalue weighted by molar-refractivity contribution is 0.327. The molecule has 0 bridgehead atoms. The zero-order chi connectivity index (χ0) is 12.8. The maximum Gasteiger partial charge on any atom is 0.215 e. The van der Waals surface area contributed by atoms with Crippen molar-refractivity contribution in [3.63, 3.8) is 0 Å². The molecule has 1 heterocycles. The van der Waals surface area contributed by atoms with Crippen LogP contribution in [0.15, 0.2) is 18.2 Å². The smallest absolute Gasteiger partial charge is 0.215 e. The molecule has 0 spiro atoms. The minimum absolute atomic E-state index is 0.568. The maximum atomic E-state index is 5.42. The van der Waals surface area contributed by atoms with Gasteiger partial charge < -0.3 is 10.1 Å². The monoisotopic (exact) mass is 266 g/mol. The molecule has 2 unspecified atom stereocenters. The molecule has 1 aromatic heterocycles. The van der Waals surface area contributed by atoms with Gasteiger partial charge in [0.05, 0.1) is 6.61 Å². The molecule has 4 heteroatoms. The second-order valence-corrected chi connectivity index (χ2v) is 6.10. The predicted octanol–water partition coefficient (Wildman–Crippen LogP) is 3.57. The summed E-state index contributed by atoms with van der Waals surface area (Å²) in [4.78, 5) is 4.46. The molecular weight excluding hydrogens is 244 g/mol. The summed E-state index contributed by atoms with van der Waals surface area (Å²) in [6.07, 6.45) is 3.82. The summed E-state index contributed by atoms with van der Waals surface area (Å²) in [7, 11) is 0. The van der Waals surface area contributed by atoms with Gasteiger partial charge in [0.1, 0.15) is 5.82 Å². The van der Waals surface area contributed by atoms with Gasteiger partial charge in [-0.3, -0.25) is 0 Å². The third kappa shape index (κ3) is 3.80.